The van der Waals surface area contributed by atoms with Crippen LogP contribution in [0, 0.1) is 6.92 Å². The molecule has 1 amide bonds. The summed E-state index contributed by atoms with van der Waals surface area (Å²) < 4.78 is 27.8. The lowest BCUT2D eigenvalue weighted by molar-refractivity contribution is -0.114. The van der Waals surface area contributed by atoms with E-state index in [2.05, 4.69) is 21.2 Å². The standard InChI is InChI=1S/C19H15BrN2O3S/c1-12-8-9-14(20)10-15(12)21-18(23)11-22-16-6-2-4-13-5-3-7-17(19(13)16)26(22,24)25/h2-10H,11H2,1H3,(H,21,23). The second kappa shape index (κ2) is 6.10. The molecular weight excluding hydrogens is 416 g/mol. The van der Waals surface area contributed by atoms with E-state index >= 15 is 0 Å². The average molecular weight is 431 g/mol. The molecule has 1 aliphatic rings. The van der Waals surface area contributed by atoms with Crippen molar-refractivity contribution in [3.05, 3.63) is 64.6 Å². The maximum Gasteiger partial charge on any atom is 0.265 e. The highest BCUT2D eigenvalue weighted by Gasteiger charge is 2.36. The maximum atomic E-state index is 12.9. The van der Waals surface area contributed by atoms with Gasteiger partial charge in [0.2, 0.25) is 5.91 Å². The van der Waals surface area contributed by atoms with Crippen LogP contribution < -0.4 is 9.62 Å². The molecule has 3 aromatic rings. The number of nitrogens with one attached hydrogen (secondary N) is 1. The minimum atomic E-state index is -3.74. The van der Waals surface area contributed by atoms with Crippen LogP contribution in [0.5, 0.6) is 0 Å². The minimum absolute atomic E-state index is 0.247. The Morgan fingerprint density at radius 2 is 1.85 bits per heavy atom. The molecule has 0 bridgehead atoms. The zero-order valence-electron chi connectivity index (χ0n) is 13.9. The summed E-state index contributed by atoms with van der Waals surface area (Å²) in [5.41, 5.74) is 2.09. The Morgan fingerprint density at radius 3 is 2.62 bits per heavy atom. The van der Waals surface area contributed by atoms with Crippen LogP contribution in [-0.2, 0) is 14.8 Å². The molecule has 1 N–H and O–H groups in total. The summed E-state index contributed by atoms with van der Waals surface area (Å²) in [7, 11) is -3.74. The van der Waals surface area contributed by atoms with Crippen LogP contribution in [0.1, 0.15) is 5.56 Å². The molecule has 0 atom stereocenters. The van der Waals surface area contributed by atoms with Gasteiger partial charge in [-0.15, -0.1) is 0 Å². The number of nitrogens with zero attached hydrogens (tertiary/aromatic N) is 1. The van der Waals surface area contributed by atoms with Gasteiger partial charge in [-0.2, -0.15) is 0 Å². The molecule has 0 saturated carbocycles. The van der Waals surface area contributed by atoms with E-state index in [-0.39, 0.29) is 17.3 Å². The van der Waals surface area contributed by atoms with Gasteiger partial charge in [-0.3, -0.25) is 9.10 Å². The van der Waals surface area contributed by atoms with Crippen LogP contribution in [0.3, 0.4) is 0 Å². The number of anilines is 2. The Hall–Kier alpha value is -2.38. The molecule has 0 radical (unpaired) electrons. The highest BCUT2D eigenvalue weighted by molar-refractivity contribution is 9.10. The largest absolute Gasteiger partial charge is 0.324 e. The first-order valence-electron chi connectivity index (χ1n) is 7.98. The molecule has 7 heteroatoms. The Labute approximate surface area is 159 Å². The van der Waals surface area contributed by atoms with E-state index in [1.807, 2.05) is 31.2 Å². The zero-order valence-corrected chi connectivity index (χ0v) is 16.3. The molecule has 0 fully saturated rings. The molecule has 0 aromatic heterocycles. The third-order valence-electron chi connectivity index (χ3n) is 4.44. The van der Waals surface area contributed by atoms with Crippen LogP contribution in [0.2, 0.25) is 0 Å². The van der Waals surface area contributed by atoms with Crippen LogP contribution in [0.25, 0.3) is 10.8 Å². The van der Waals surface area contributed by atoms with E-state index in [0.29, 0.717) is 16.8 Å². The Balaban J connectivity index is 1.68. The number of amides is 1. The average Bonchev–Trinajstić information content (AvgIpc) is 2.82. The Bertz CT molecular complexity index is 1150. The highest BCUT2D eigenvalue weighted by atomic mass is 79.9. The van der Waals surface area contributed by atoms with Crippen molar-refractivity contribution >= 4 is 54.0 Å². The molecule has 0 unspecified atom stereocenters. The smallest absolute Gasteiger partial charge is 0.265 e. The van der Waals surface area contributed by atoms with Crippen LogP contribution >= 0.6 is 15.9 Å². The van der Waals surface area contributed by atoms with Crippen LogP contribution in [0.15, 0.2) is 64.0 Å². The van der Waals surface area contributed by atoms with Gasteiger partial charge in [0.25, 0.3) is 10.0 Å². The first kappa shape index (κ1) is 17.1. The topological polar surface area (TPSA) is 66.5 Å². The van der Waals surface area contributed by atoms with Gasteiger partial charge in [-0.1, -0.05) is 46.3 Å². The first-order valence-corrected chi connectivity index (χ1v) is 10.2. The van der Waals surface area contributed by atoms with E-state index in [0.717, 1.165) is 15.4 Å². The van der Waals surface area contributed by atoms with Gasteiger partial charge in [0, 0.05) is 15.5 Å². The summed E-state index contributed by atoms with van der Waals surface area (Å²) in [6, 6.07) is 16.1. The number of hydrogen-bond acceptors (Lipinski definition) is 3. The molecule has 132 valence electrons. The predicted molar refractivity (Wildman–Crippen MR) is 106 cm³/mol. The summed E-state index contributed by atoms with van der Waals surface area (Å²) in [4.78, 5) is 12.8. The quantitative estimate of drug-likeness (QED) is 0.680. The van der Waals surface area contributed by atoms with Crippen molar-refractivity contribution in [2.24, 2.45) is 0 Å². The summed E-state index contributed by atoms with van der Waals surface area (Å²) in [5, 5.41) is 4.31. The molecule has 4 rings (SSSR count). The first-order chi connectivity index (χ1) is 12.4. The molecule has 26 heavy (non-hydrogen) atoms. The van der Waals surface area contributed by atoms with Gasteiger partial charge in [0.05, 0.1) is 10.6 Å². The van der Waals surface area contributed by atoms with E-state index < -0.39 is 10.0 Å². The number of halogens is 1. The van der Waals surface area contributed by atoms with Crippen molar-refractivity contribution < 1.29 is 13.2 Å². The number of rotatable bonds is 3. The summed E-state index contributed by atoms with van der Waals surface area (Å²) in [5.74, 6) is -0.389. The van der Waals surface area contributed by atoms with Crippen LogP contribution in [-0.4, -0.2) is 20.9 Å². The van der Waals surface area contributed by atoms with Gasteiger partial charge in [-0.05, 0) is 42.1 Å². The highest BCUT2D eigenvalue weighted by Crippen LogP contribution is 2.41. The van der Waals surface area contributed by atoms with E-state index in [9.17, 15) is 13.2 Å². The number of sulfonamides is 1. The number of aryl methyl sites for hydroxylation is 1. The third-order valence-corrected chi connectivity index (χ3v) is 6.74. The van der Waals surface area contributed by atoms with Crippen molar-refractivity contribution in [1.82, 2.24) is 0 Å². The molecule has 5 nitrogen and oxygen atoms in total. The molecule has 0 spiro atoms. The van der Waals surface area contributed by atoms with Gasteiger partial charge in [0.15, 0.2) is 0 Å². The fourth-order valence-corrected chi connectivity index (χ4v) is 5.21. The Kier molecular flexibility index (Phi) is 4.00. The molecule has 1 aliphatic heterocycles. The predicted octanol–water partition coefficient (Wildman–Crippen LogP) is 4.06. The third kappa shape index (κ3) is 2.68. The minimum Gasteiger partial charge on any atom is -0.324 e. The number of carbonyl (C=O) groups is 1. The van der Waals surface area contributed by atoms with Gasteiger partial charge in [-0.25, -0.2) is 8.42 Å². The normalized spacial score (nSPS) is 14.6. The summed E-state index contributed by atoms with van der Waals surface area (Å²) >= 11 is 3.37. The zero-order chi connectivity index (χ0) is 18.5. The van der Waals surface area contributed by atoms with Gasteiger partial charge < -0.3 is 5.32 Å². The van der Waals surface area contributed by atoms with Gasteiger partial charge in [0.1, 0.15) is 6.54 Å². The van der Waals surface area contributed by atoms with E-state index in [4.69, 9.17) is 0 Å². The van der Waals surface area contributed by atoms with E-state index in [1.54, 1.807) is 30.3 Å². The lowest BCUT2D eigenvalue weighted by atomic mass is 10.1. The fourth-order valence-electron chi connectivity index (χ4n) is 3.18. The number of carbonyl (C=O) groups excluding carboxylic acids is 1. The van der Waals surface area contributed by atoms with E-state index in [1.165, 1.54) is 4.31 Å². The molecule has 0 saturated heterocycles. The van der Waals surface area contributed by atoms with Crippen LogP contribution in [0.4, 0.5) is 11.4 Å². The van der Waals surface area contributed by atoms with Crippen molar-refractivity contribution in [2.75, 3.05) is 16.2 Å². The van der Waals surface area contributed by atoms with Crippen molar-refractivity contribution in [3.8, 4) is 0 Å². The van der Waals surface area contributed by atoms with Gasteiger partial charge >= 0.3 is 0 Å². The van der Waals surface area contributed by atoms with Crippen molar-refractivity contribution in [1.29, 1.82) is 0 Å². The number of benzene rings is 3. The monoisotopic (exact) mass is 430 g/mol. The second-order valence-electron chi connectivity index (χ2n) is 6.15. The molecular formula is C19H15BrN2O3S. The summed E-state index contributed by atoms with van der Waals surface area (Å²) in [6.07, 6.45) is 0. The maximum absolute atomic E-state index is 12.9. The number of hydrogen-bond donors (Lipinski definition) is 1. The lowest BCUT2D eigenvalue weighted by Gasteiger charge is -2.18. The lowest BCUT2D eigenvalue weighted by Crippen LogP contribution is -2.35. The second-order valence-corrected chi connectivity index (χ2v) is 8.90. The SMILES string of the molecule is Cc1ccc(Br)cc1NC(=O)CN1c2cccc3cccc(c23)S1(=O)=O. The Morgan fingerprint density at radius 1 is 1.12 bits per heavy atom. The van der Waals surface area contributed by atoms with Crippen molar-refractivity contribution in [2.45, 2.75) is 11.8 Å². The molecule has 0 aliphatic carbocycles. The fraction of sp³-hybridized carbons (Fsp3) is 0.105. The molecule has 3 aromatic carbocycles. The summed E-state index contributed by atoms with van der Waals surface area (Å²) in [6.45, 7) is 1.60. The van der Waals surface area contributed by atoms with Crippen molar-refractivity contribution in [3.63, 3.8) is 0 Å². The molecule has 1 heterocycles.